The fourth-order valence-electron chi connectivity index (χ4n) is 8.75. The number of amides is 3. The van der Waals surface area contributed by atoms with Crippen LogP contribution in [-0.2, 0) is 27.8 Å². The zero-order valence-corrected chi connectivity index (χ0v) is 53.5. The van der Waals surface area contributed by atoms with Crippen LogP contribution in [-0.4, -0.2) is 97.0 Å². The van der Waals surface area contributed by atoms with Gasteiger partial charge in [0, 0.05) is 38.9 Å². The van der Waals surface area contributed by atoms with Crippen LogP contribution in [0.25, 0.3) is 0 Å². The maximum absolute atomic E-state index is 12.8. The van der Waals surface area contributed by atoms with E-state index in [1.807, 2.05) is 69.2 Å². The molecule has 1 N–H and O–H groups in total. The first kappa shape index (κ1) is 76.0. The zero-order valence-electron chi connectivity index (χ0n) is 52.6. The second-order valence-corrected chi connectivity index (χ2v) is 27.0. The minimum absolute atomic E-state index is 0.287. The summed E-state index contributed by atoms with van der Waals surface area (Å²) in [5.41, 5.74) is -1.71. The second-order valence-electron chi connectivity index (χ2n) is 24.6. The van der Waals surface area contributed by atoms with Gasteiger partial charge in [-0.3, -0.25) is 4.57 Å². The third-order valence-corrected chi connectivity index (χ3v) is 15.1. The lowest BCUT2D eigenvalue weighted by Crippen LogP contribution is -2.40. The molecule has 0 fully saturated rings. The van der Waals surface area contributed by atoms with Crippen molar-refractivity contribution in [3.8, 4) is 0 Å². The Morgan fingerprint density at radius 3 is 0.882 bits per heavy atom. The minimum Gasteiger partial charge on any atom is -0.444 e. The maximum atomic E-state index is 12.8. The third kappa shape index (κ3) is 55.3. The van der Waals surface area contributed by atoms with Gasteiger partial charge >= 0.3 is 25.9 Å². The van der Waals surface area contributed by atoms with Gasteiger partial charge in [-0.2, -0.15) is 0 Å². The Kier molecular flexibility index (Phi) is 50.0. The molecule has 0 rings (SSSR count). The van der Waals surface area contributed by atoms with Crippen molar-refractivity contribution in [2.24, 2.45) is 0 Å². The molecule has 454 valence electrons. The van der Waals surface area contributed by atoms with Gasteiger partial charge in [-0.1, -0.05) is 220 Å². The highest BCUT2D eigenvalue weighted by atomic mass is 31.2. The summed E-state index contributed by atoms with van der Waals surface area (Å²) < 4.78 is 40.8. The first-order chi connectivity index (χ1) is 36.1. The lowest BCUT2D eigenvalue weighted by molar-refractivity contribution is 0.0206. The number of nitrogens with one attached hydrogen (secondary N) is 1. The van der Waals surface area contributed by atoms with E-state index in [9.17, 15) is 18.9 Å². The number of rotatable bonds is 48. The van der Waals surface area contributed by atoms with Crippen LogP contribution in [0.3, 0.4) is 0 Å². The molecular formula is C63H128N3O9P. The Balaban J connectivity index is 0. The van der Waals surface area contributed by atoms with E-state index in [2.05, 4.69) is 26.1 Å². The Bertz CT molecular complexity index is 1340. The topological polar surface area (TPSA) is 133 Å². The summed E-state index contributed by atoms with van der Waals surface area (Å²) >= 11 is 0. The van der Waals surface area contributed by atoms with Crippen molar-refractivity contribution < 1.29 is 42.2 Å². The highest BCUT2D eigenvalue weighted by Crippen LogP contribution is 2.48. The summed E-state index contributed by atoms with van der Waals surface area (Å²) in [6.07, 6.45) is 44.7. The van der Waals surface area contributed by atoms with E-state index in [0.717, 1.165) is 32.1 Å². The van der Waals surface area contributed by atoms with E-state index in [1.165, 1.54) is 186 Å². The molecule has 0 aromatic carbocycles. The van der Waals surface area contributed by atoms with Gasteiger partial charge in [-0.05, 0) is 101 Å². The van der Waals surface area contributed by atoms with Crippen LogP contribution in [0, 0.1) is 0 Å². The molecule has 0 atom stereocenters. The molecule has 0 unspecified atom stereocenters. The van der Waals surface area contributed by atoms with E-state index in [1.54, 1.807) is 9.80 Å². The second kappa shape index (κ2) is 50.0. The molecule has 0 saturated carbocycles. The fourth-order valence-corrected chi connectivity index (χ4v) is 10.0. The van der Waals surface area contributed by atoms with E-state index >= 15 is 0 Å². The van der Waals surface area contributed by atoms with Gasteiger partial charge in [0.15, 0.2) is 0 Å². The molecule has 0 aliphatic rings. The molecule has 0 aliphatic carbocycles. The van der Waals surface area contributed by atoms with E-state index in [4.69, 9.17) is 23.3 Å². The van der Waals surface area contributed by atoms with Crippen molar-refractivity contribution >= 4 is 25.9 Å². The number of unbranched alkanes of at least 4 members (excludes halogenated alkanes) is 31. The molecular weight excluding hydrogens is 974 g/mol. The van der Waals surface area contributed by atoms with E-state index in [-0.39, 0.29) is 12.2 Å². The lowest BCUT2D eigenvalue weighted by Gasteiger charge is -2.29. The maximum Gasteiger partial charge on any atom is 0.410 e. The van der Waals surface area contributed by atoms with Gasteiger partial charge in [0.05, 0.1) is 13.2 Å². The predicted molar refractivity (Wildman–Crippen MR) is 323 cm³/mol. The summed E-state index contributed by atoms with van der Waals surface area (Å²) in [7, 11) is -2.87. The molecule has 0 aromatic heterocycles. The highest BCUT2D eigenvalue weighted by molar-refractivity contribution is 7.53. The number of alkyl carbamates (subject to hydrolysis) is 1. The average molecular weight is 1100 g/mol. The molecule has 0 heterocycles. The third-order valence-electron chi connectivity index (χ3n) is 13.2. The Morgan fingerprint density at radius 1 is 0.355 bits per heavy atom. The van der Waals surface area contributed by atoms with Crippen LogP contribution >= 0.6 is 7.60 Å². The van der Waals surface area contributed by atoms with Crippen molar-refractivity contribution in [2.75, 3.05) is 52.1 Å². The molecule has 0 bridgehead atoms. The SMILES string of the molecule is CCCCCCCCCCCCCCCCOP(=O)(CC)OCCCCCCCCCCCCCCCC.CCCCCCCN(CCCCN(CCCNC(=O)OC(C)(C)C)C(=O)OC(C)(C)C)C(=O)OC(C)(C)C. The minimum atomic E-state index is -2.87. The fraction of sp³-hybridized carbons (Fsp3) is 0.952. The summed E-state index contributed by atoms with van der Waals surface area (Å²) in [5, 5.41) is 2.73. The zero-order chi connectivity index (χ0) is 57.2. The average Bonchev–Trinajstić information content (AvgIpc) is 3.33. The summed E-state index contributed by atoms with van der Waals surface area (Å²) in [4.78, 5) is 40.9. The summed E-state index contributed by atoms with van der Waals surface area (Å²) in [5.74, 6) is 0. The molecule has 76 heavy (non-hydrogen) atoms. The van der Waals surface area contributed by atoms with Gasteiger partial charge in [0.2, 0.25) is 0 Å². The van der Waals surface area contributed by atoms with Crippen molar-refractivity contribution in [3.05, 3.63) is 0 Å². The molecule has 0 radical (unpaired) electrons. The Labute approximate surface area is 471 Å². The van der Waals surface area contributed by atoms with Crippen molar-refractivity contribution in [1.29, 1.82) is 0 Å². The van der Waals surface area contributed by atoms with E-state index < -0.39 is 30.5 Å². The highest BCUT2D eigenvalue weighted by Gasteiger charge is 2.25. The van der Waals surface area contributed by atoms with Crippen LogP contribution in [0.15, 0.2) is 0 Å². The largest absolute Gasteiger partial charge is 0.444 e. The van der Waals surface area contributed by atoms with Crippen LogP contribution in [0.2, 0.25) is 0 Å². The first-order valence-corrected chi connectivity index (χ1v) is 33.7. The summed E-state index contributed by atoms with van der Waals surface area (Å²) in [6, 6.07) is 0. The lowest BCUT2D eigenvalue weighted by atomic mass is 10.0. The monoisotopic (exact) mass is 1100 g/mol. The van der Waals surface area contributed by atoms with Gasteiger partial charge in [-0.25, -0.2) is 14.4 Å². The quantitative estimate of drug-likeness (QED) is 0.0359. The van der Waals surface area contributed by atoms with Crippen LogP contribution in [0.5, 0.6) is 0 Å². The van der Waals surface area contributed by atoms with Gasteiger partial charge in [-0.15, -0.1) is 0 Å². The molecule has 0 aromatic rings. The van der Waals surface area contributed by atoms with Crippen LogP contribution in [0.1, 0.15) is 321 Å². The number of nitrogens with zero attached hydrogens (tertiary/aromatic N) is 2. The molecule has 0 spiro atoms. The van der Waals surface area contributed by atoms with Crippen molar-refractivity contribution in [2.45, 2.75) is 338 Å². The van der Waals surface area contributed by atoms with Crippen molar-refractivity contribution in [1.82, 2.24) is 15.1 Å². The number of ether oxygens (including phenoxy) is 3. The number of hydrogen-bond acceptors (Lipinski definition) is 9. The van der Waals surface area contributed by atoms with Gasteiger partial charge < -0.3 is 38.4 Å². The van der Waals surface area contributed by atoms with E-state index in [0.29, 0.717) is 64.9 Å². The molecule has 3 amide bonds. The van der Waals surface area contributed by atoms with Gasteiger partial charge in [0.1, 0.15) is 16.8 Å². The smallest absolute Gasteiger partial charge is 0.410 e. The molecule has 13 heteroatoms. The van der Waals surface area contributed by atoms with Gasteiger partial charge in [0.25, 0.3) is 0 Å². The normalized spacial score (nSPS) is 12.0. The molecule has 0 aliphatic heterocycles. The molecule has 0 saturated heterocycles. The molecule has 12 nitrogen and oxygen atoms in total. The van der Waals surface area contributed by atoms with Crippen LogP contribution in [0.4, 0.5) is 14.4 Å². The predicted octanol–water partition coefficient (Wildman–Crippen LogP) is 20.3. The number of carbonyl (C=O) groups is 3. The Morgan fingerprint density at radius 2 is 0.605 bits per heavy atom. The first-order valence-electron chi connectivity index (χ1n) is 31.9. The standard InChI is InChI=1S/C34H71O3P.C29H57N3O6/c1-4-7-9-11-13-15-17-19-21-23-25-27-29-31-33-36-38(35,6-3)37-34-32-30-28-26-24-22-20-18-16-14-12-10-8-5-2;1-11-12-13-14-15-20-31(25(34)37-28(5,6)7)21-16-17-22-32(26(35)38-29(8,9)10)23-18-19-30-24(33)36-27(2,3)4/h4-34H2,1-3H3;11-23H2,1-10H3,(H,30,33). The summed E-state index contributed by atoms with van der Waals surface area (Å²) in [6.45, 7) is 29.0. The number of hydrogen-bond donors (Lipinski definition) is 1. The van der Waals surface area contributed by atoms with Crippen LogP contribution < -0.4 is 5.32 Å². The number of carbonyl (C=O) groups excluding carboxylic acids is 3. The Hall–Kier alpha value is -2.04. The van der Waals surface area contributed by atoms with Crippen molar-refractivity contribution in [3.63, 3.8) is 0 Å².